The second kappa shape index (κ2) is 7.63. The molecule has 7 heteroatoms. The molecular weight excluding hydrogens is 308 g/mol. The molecule has 7 nitrogen and oxygen atoms in total. The van der Waals surface area contributed by atoms with Crippen molar-refractivity contribution in [3.05, 3.63) is 42.3 Å². The molecule has 2 aromatic rings. The topological polar surface area (TPSA) is 110 Å². The third-order valence-corrected chi connectivity index (χ3v) is 3.60. The van der Waals surface area contributed by atoms with Crippen molar-refractivity contribution in [1.29, 1.82) is 0 Å². The van der Waals surface area contributed by atoms with Crippen LogP contribution in [-0.4, -0.2) is 30.0 Å². The quantitative estimate of drug-likeness (QED) is 0.717. The lowest BCUT2D eigenvalue weighted by molar-refractivity contribution is -0.125. The van der Waals surface area contributed by atoms with Gasteiger partial charge in [-0.05, 0) is 26.0 Å². The summed E-state index contributed by atoms with van der Waals surface area (Å²) < 4.78 is 5.44. The van der Waals surface area contributed by atoms with Gasteiger partial charge in [0.05, 0.1) is 11.1 Å². The number of hydrogen-bond acceptors (Lipinski definition) is 4. The summed E-state index contributed by atoms with van der Waals surface area (Å²) in [5.74, 6) is 0.0945. The molecule has 0 saturated heterocycles. The van der Waals surface area contributed by atoms with Crippen LogP contribution in [0.5, 0.6) is 0 Å². The number of aromatic nitrogens is 1. The number of rotatable bonds is 7. The van der Waals surface area contributed by atoms with Gasteiger partial charge in [0, 0.05) is 25.1 Å². The summed E-state index contributed by atoms with van der Waals surface area (Å²) in [5, 5.41) is 5.33. The van der Waals surface area contributed by atoms with Crippen LogP contribution in [0.4, 0.5) is 4.79 Å². The van der Waals surface area contributed by atoms with Gasteiger partial charge in [0.25, 0.3) is 0 Å². The van der Waals surface area contributed by atoms with Crippen molar-refractivity contribution in [2.45, 2.75) is 20.3 Å². The van der Waals surface area contributed by atoms with Crippen molar-refractivity contribution in [2.75, 3.05) is 13.1 Å². The standard InChI is InChI=1S/C17H22N4O3/c1-17(2,15(18)22)11-20-16(23)19-9-8-13-10-24-14(21-13)12-6-4-3-5-7-12/h3-7,10H,8-9,11H2,1-2H3,(H2,18,22)(H2,19,20,23). The lowest BCUT2D eigenvalue weighted by Gasteiger charge is -2.20. The van der Waals surface area contributed by atoms with Crippen molar-refractivity contribution in [1.82, 2.24) is 15.6 Å². The Kier molecular flexibility index (Phi) is 5.57. The maximum atomic E-state index is 11.7. The fourth-order valence-electron chi connectivity index (χ4n) is 1.89. The molecule has 0 aliphatic rings. The SMILES string of the molecule is CC(C)(CNC(=O)NCCc1coc(-c2ccccc2)n1)C(N)=O. The summed E-state index contributed by atoms with van der Waals surface area (Å²) in [5.41, 5.74) is 6.13. The highest BCUT2D eigenvalue weighted by atomic mass is 16.3. The van der Waals surface area contributed by atoms with E-state index in [-0.39, 0.29) is 12.6 Å². The normalized spacial score (nSPS) is 11.1. The summed E-state index contributed by atoms with van der Waals surface area (Å²) >= 11 is 0. The number of urea groups is 1. The number of carbonyl (C=O) groups excluding carboxylic acids is 2. The van der Waals surface area contributed by atoms with E-state index in [0.717, 1.165) is 11.3 Å². The summed E-state index contributed by atoms with van der Waals surface area (Å²) in [6.45, 7) is 3.94. The molecule has 4 N–H and O–H groups in total. The largest absolute Gasteiger partial charge is 0.444 e. The Morgan fingerprint density at radius 1 is 1.21 bits per heavy atom. The molecule has 0 fully saturated rings. The molecule has 24 heavy (non-hydrogen) atoms. The fourth-order valence-corrected chi connectivity index (χ4v) is 1.89. The minimum atomic E-state index is -0.784. The van der Waals surface area contributed by atoms with Gasteiger partial charge in [-0.3, -0.25) is 4.79 Å². The van der Waals surface area contributed by atoms with E-state index >= 15 is 0 Å². The molecule has 0 saturated carbocycles. The van der Waals surface area contributed by atoms with Gasteiger partial charge in [0.15, 0.2) is 0 Å². The van der Waals surface area contributed by atoms with Crippen LogP contribution < -0.4 is 16.4 Å². The van der Waals surface area contributed by atoms with Gasteiger partial charge < -0.3 is 20.8 Å². The molecular formula is C17H22N4O3. The van der Waals surface area contributed by atoms with Crippen molar-refractivity contribution < 1.29 is 14.0 Å². The second-order valence-electron chi connectivity index (χ2n) is 6.12. The van der Waals surface area contributed by atoms with Crippen molar-refractivity contribution >= 4 is 11.9 Å². The highest BCUT2D eigenvalue weighted by Crippen LogP contribution is 2.17. The molecule has 128 valence electrons. The van der Waals surface area contributed by atoms with Crippen LogP contribution in [0, 0.1) is 5.41 Å². The maximum Gasteiger partial charge on any atom is 0.314 e. The Balaban J connectivity index is 1.76. The Morgan fingerprint density at radius 3 is 2.58 bits per heavy atom. The molecule has 1 aromatic heterocycles. The van der Waals surface area contributed by atoms with Crippen LogP contribution in [0.3, 0.4) is 0 Å². The summed E-state index contributed by atoms with van der Waals surface area (Å²) in [6, 6.07) is 9.24. The van der Waals surface area contributed by atoms with Crippen LogP contribution in [0.2, 0.25) is 0 Å². The van der Waals surface area contributed by atoms with Gasteiger partial charge in [-0.25, -0.2) is 9.78 Å². The zero-order valence-corrected chi connectivity index (χ0v) is 13.8. The number of primary amides is 1. The third kappa shape index (κ3) is 4.84. The number of oxazole rings is 1. The molecule has 0 aliphatic heterocycles. The van der Waals surface area contributed by atoms with E-state index in [0.29, 0.717) is 18.9 Å². The summed E-state index contributed by atoms with van der Waals surface area (Å²) in [6.07, 6.45) is 2.13. The molecule has 3 amide bonds. The predicted octanol–water partition coefficient (Wildman–Crippen LogP) is 1.69. The molecule has 0 radical (unpaired) electrons. The fraction of sp³-hybridized carbons (Fsp3) is 0.353. The zero-order valence-electron chi connectivity index (χ0n) is 13.8. The number of hydrogen-bond donors (Lipinski definition) is 3. The van der Waals surface area contributed by atoms with Crippen molar-refractivity contribution in [3.8, 4) is 11.5 Å². The number of amides is 3. The van der Waals surface area contributed by atoms with Gasteiger partial charge in [-0.1, -0.05) is 18.2 Å². The van der Waals surface area contributed by atoms with E-state index < -0.39 is 11.3 Å². The van der Waals surface area contributed by atoms with Gasteiger partial charge in [0.1, 0.15) is 6.26 Å². The molecule has 0 spiro atoms. The average molecular weight is 330 g/mol. The first-order valence-corrected chi connectivity index (χ1v) is 7.70. The maximum absolute atomic E-state index is 11.7. The van der Waals surface area contributed by atoms with Crippen LogP contribution >= 0.6 is 0 Å². The molecule has 1 heterocycles. The molecule has 0 bridgehead atoms. The highest BCUT2D eigenvalue weighted by Gasteiger charge is 2.25. The minimum Gasteiger partial charge on any atom is -0.444 e. The van der Waals surface area contributed by atoms with Crippen LogP contribution in [0.15, 0.2) is 41.0 Å². The lowest BCUT2D eigenvalue weighted by atomic mass is 9.93. The van der Waals surface area contributed by atoms with E-state index in [4.69, 9.17) is 10.2 Å². The Bertz CT molecular complexity index is 695. The summed E-state index contributed by atoms with van der Waals surface area (Å²) in [7, 11) is 0. The number of nitrogens with one attached hydrogen (secondary N) is 2. The van der Waals surface area contributed by atoms with Crippen LogP contribution in [0.1, 0.15) is 19.5 Å². The van der Waals surface area contributed by atoms with Gasteiger partial charge in [-0.15, -0.1) is 0 Å². The first-order valence-electron chi connectivity index (χ1n) is 7.70. The average Bonchev–Trinajstić information content (AvgIpc) is 3.03. The molecule has 0 aliphatic carbocycles. The van der Waals surface area contributed by atoms with E-state index in [1.165, 1.54) is 0 Å². The zero-order chi connectivity index (χ0) is 17.6. The van der Waals surface area contributed by atoms with Crippen molar-refractivity contribution in [3.63, 3.8) is 0 Å². The Labute approximate surface area is 140 Å². The minimum absolute atomic E-state index is 0.177. The number of nitrogens with zero attached hydrogens (tertiary/aromatic N) is 1. The highest BCUT2D eigenvalue weighted by molar-refractivity contribution is 5.81. The molecule has 0 atom stereocenters. The molecule has 0 unspecified atom stereocenters. The lowest BCUT2D eigenvalue weighted by Crippen LogP contribution is -2.46. The van der Waals surface area contributed by atoms with Gasteiger partial charge >= 0.3 is 6.03 Å². The van der Waals surface area contributed by atoms with E-state index in [1.54, 1.807) is 20.1 Å². The van der Waals surface area contributed by atoms with E-state index in [2.05, 4.69) is 15.6 Å². The molecule has 2 rings (SSSR count). The second-order valence-corrected chi connectivity index (χ2v) is 6.12. The van der Waals surface area contributed by atoms with E-state index in [9.17, 15) is 9.59 Å². The van der Waals surface area contributed by atoms with E-state index in [1.807, 2.05) is 30.3 Å². The van der Waals surface area contributed by atoms with Crippen molar-refractivity contribution in [2.24, 2.45) is 11.1 Å². The first-order chi connectivity index (χ1) is 11.4. The molecule has 1 aromatic carbocycles. The van der Waals surface area contributed by atoms with Crippen LogP contribution in [0.25, 0.3) is 11.5 Å². The predicted molar refractivity (Wildman–Crippen MR) is 90.0 cm³/mol. The first kappa shape index (κ1) is 17.5. The summed E-state index contributed by atoms with van der Waals surface area (Å²) in [4.78, 5) is 27.3. The van der Waals surface area contributed by atoms with Crippen LogP contribution in [-0.2, 0) is 11.2 Å². The number of carbonyl (C=O) groups is 2. The number of benzene rings is 1. The Morgan fingerprint density at radius 2 is 1.92 bits per heavy atom. The smallest absolute Gasteiger partial charge is 0.314 e. The van der Waals surface area contributed by atoms with Gasteiger partial charge in [-0.2, -0.15) is 0 Å². The number of nitrogens with two attached hydrogens (primary N) is 1. The third-order valence-electron chi connectivity index (χ3n) is 3.60. The van der Waals surface area contributed by atoms with Gasteiger partial charge in [0.2, 0.25) is 11.8 Å². The Hall–Kier alpha value is -2.83. The monoisotopic (exact) mass is 330 g/mol.